The maximum Gasteiger partial charge on any atom is 0.163 e. The summed E-state index contributed by atoms with van der Waals surface area (Å²) in [6.45, 7) is 31.8. The molecule has 8 heteroatoms. The van der Waals surface area contributed by atoms with Crippen molar-refractivity contribution < 1.29 is 28.7 Å². The van der Waals surface area contributed by atoms with Gasteiger partial charge >= 0.3 is 0 Å². The lowest BCUT2D eigenvalue weighted by Gasteiger charge is -2.29. The van der Waals surface area contributed by atoms with E-state index in [0.29, 0.717) is 35.7 Å². The first-order chi connectivity index (χ1) is 40.1. The minimum Gasteiger partial charge on any atom is -0.369 e. The van der Waals surface area contributed by atoms with Gasteiger partial charge in [0.25, 0.3) is 0 Å². The molecular weight excluding hydrogens is 1070 g/mol. The number of ether oxygens (including phenoxy) is 1. The molecule has 8 nitrogen and oxygen atoms in total. The molecule has 0 saturated carbocycles. The molecule has 0 radical (unpaired) electrons. The first kappa shape index (κ1) is 73.2. The lowest BCUT2D eigenvalue weighted by atomic mass is 9.73. The lowest BCUT2D eigenvalue weighted by molar-refractivity contribution is -0.131. The molecule has 87 heavy (non-hydrogen) atoms. The summed E-state index contributed by atoms with van der Waals surface area (Å²) in [5.74, 6) is 6.44. The van der Waals surface area contributed by atoms with Crippen LogP contribution in [0, 0.1) is 74.4 Å². The molecule has 0 amide bonds. The summed E-state index contributed by atoms with van der Waals surface area (Å²) >= 11 is 0. The smallest absolute Gasteiger partial charge is 0.163 e. The monoisotopic (exact) mass is 1170 g/mol. The van der Waals surface area contributed by atoms with Gasteiger partial charge in [-0.1, -0.05) is 209 Å². The van der Waals surface area contributed by atoms with Gasteiger partial charge in [-0.05, 0) is 137 Å². The van der Waals surface area contributed by atoms with Crippen LogP contribution in [0.15, 0.2) is 127 Å². The first-order valence-electron chi connectivity index (χ1n) is 30.1. The average Bonchev–Trinajstić information content (AvgIpc) is 1.51. The average molecular weight is 1170 g/mol. The summed E-state index contributed by atoms with van der Waals surface area (Å²) in [5.41, 5.74) is 9.45. The first-order valence-corrected chi connectivity index (χ1v) is 30.1. The van der Waals surface area contributed by atoms with E-state index < -0.39 is 0 Å². The van der Waals surface area contributed by atoms with Crippen molar-refractivity contribution in [1.29, 1.82) is 10.5 Å². The largest absolute Gasteiger partial charge is 0.369 e. The van der Waals surface area contributed by atoms with E-state index in [1.807, 2.05) is 190 Å². The molecular formula is C79H96N2O6. The van der Waals surface area contributed by atoms with Crippen LogP contribution in [-0.4, -0.2) is 35.5 Å². The van der Waals surface area contributed by atoms with Crippen LogP contribution >= 0.6 is 0 Å². The Bertz CT molecular complexity index is 3400. The Hall–Kier alpha value is -8.01. The molecule has 2 aliphatic carbocycles. The highest BCUT2D eigenvalue weighted by atomic mass is 16.5. The Balaban J connectivity index is 0.000000284. The molecule has 0 spiro atoms. The fraction of sp³-hybridized carbons (Fsp3) is 0.430. The number of ketones is 5. The maximum atomic E-state index is 12.5. The number of carbonyl (C=O) groups excluding carboxylic acids is 5. The van der Waals surface area contributed by atoms with Crippen molar-refractivity contribution in [3.05, 3.63) is 189 Å². The molecule has 0 saturated heterocycles. The second-order valence-corrected chi connectivity index (χ2v) is 27.8. The van der Waals surface area contributed by atoms with Crippen molar-refractivity contribution in [2.24, 2.45) is 27.1 Å². The van der Waals surface area contributed by atoms with Crippen molar-refractivity contribution >= 4 is 39.7 Å². The van der Waals surface area contributed by atoms with Crippen molar-refractivity contribution in [3.8, 4) is 36.8 Å². The molecule has 0 heterocycles. The van der Waals surface area contributed by atoms with E-state index in [4.69, 9.17) is 28.1 Å². The van der Waals surface area contributed by atoms with Crippen molar-refractivity contribution in [1.82, 2.24) is 0 Å². The highest BCUT2D eigenvalue weighted by molar-refractivity contribution is 5.92. The number of carbonyl (C=O) groups is 5. The van der Waals surface area contributed by atoms with E-state index in [-0.39, 0.29) is 76.2 Å². The quantitative estimate of drug-likeness (QED) is 0.123. The van der Waals surface area contributed by atoms with Crippen molar-refractivity contribution in [3.63, 3.8) is 0 Å². The maximum absolute atomic E-state index is 12.5. The van der Waals surface area contributed by atoms with Gasteiger partial charge in [0, 0.05) is 62.4 Å². The van der Waals surface area contributed by atoms with E-state index in [9.17, 15) is 24.0 Å². The van der Waals surface area contributed by atoms with Crippen LogP contribution in [0.2, 0.25) is 0 Å². The summed E-state index contributed by atoms with van der Waals surface area (Å²) in [7, 11) is 0. The molecule has 6 aromatic carbocycles. The molecule has 0 aliphatic heterocycles. The van der Waals surface area contributed by atoms with E-state index in [0.717, 1.165) is 71.9 Å². The number of fused-ring (bicyclic) bond motifs is 3. The third-order valence-electron chi connectivity index (χ3n) is 15.5. The van der Waals surface area contributed by atoms with Crippen LogP contribution in [0.5, 0.6) is 0 Å². The summed E-state index contributed by atoms with van der Waals surface area (Å²) in [6, 6.07) is 45.3. The summed E-state index contributed by atoms with van der Waals surface area (Å²) in [5, 5.41) is 20.0. The van der Waals surface area contributed by atoms with E-state index in [1.54, 1.807) is 12.1 Å². The number of benzene rings is 6. The van der Waals surface area contributed by atoms with Crippen LogP contribution in [-0.2, 0) is 54.6 Å². The fourth-order valence-corrected chi connectivity index (χ4v) is 10.00. The molecule has 458 valence electrons. The summed E-state index contributed by atoms with van der Waals surface area (Å²) in [6.07, 6.45) is 17.3. The van der Waals surface area contributed by atoms with Gasteiger partial charge in [0.1, 0.15) is 29.7 Å². The van der Waals surface area contributed by atoms with Crippen LogP contribution < -0.4 is 0 Å². The van der Waals surface area contributed by atoms with Crippen LogP contribution in [0.25, 0.3) is 10.8 Å². The molecule has 2 aliphatic rings. The number of hydrogen-bond acceptors (Lipinski definition) is 8. The highest BCUT2D eigenvalue weighted by Gasteiger charge is 2.35. The molecule has 6 aromatic rings. The number of aryl methyl sites for hydroxylation is 2. The number of Topliss-reactive ketones (excluding diaryl/α,β-unsaturated/α-hetero) is 5. The lowest BCUT2D eigenvalue weighted by Crippen LogP contribution is -2.29. The van der Waals surface area contributed by atoms with Crippen LogP contribution in [0.4, 0.5) is 0 Å². The Labute approximate surface area is 522 Å². The van der Waals surface area contributed by atoms with Gasteiger partial charge < -0.3 is 4.74 Å². The van der Waals surface area contributed by atoms with Crippen LogP contribution in [0.1, 0.15) is 223 Å². The third-order valence-corrected chi connectivity index (χ3v) is 15.5. The Morgan fingerprint density at radius 1 is 0.506 bits per heavy atom. The fourth-order valence-electron chi connectivity index (χ4n) is 10.00. The second kappa shape index (κ2) is 32.1. The Morgan fingerprint density at radius 2 is 0.943 bits per heavy atom. The van der Waals surface area contributed by atoms with Crippen LogP contribution in [0.3, 0.4) is 0 Å². The normalized spacial score (nSPS) is 14.6. The molecule has 0 fully saturated rings. The number of nitriles is 2. The van der Waals surface area contributed by atoms with Gasteiger partial charge in [0.05, 0.1) is 29.9 Å². The number of terminal acetylenes is 2. The molecule has 0 N–H and O–H groups in total. The minimum absolute atomic E-state index is 0. The van der Waals surface area contributed by atoms with Gasteiger partial charge in [-0.25, -0.2) is 0 Å². The zero-order valence-corrected chi connectivity index (χ0v) is 54.2. The summed E-state index contributed by atoms with van der Waals surface area (Å²) in [4.78, 5) is 60.6. The van der Waals surface area contributed by atoms with Gasteiger partial charge in [-0.2, -0.15) is 10.5 Å². The minimum atomic E-state index is -0.340. The van der Waals surface area contributed by atoms with Gasteiger partial charge in [0.2, 0.25) is 0 Å². The zero-order valence-electron chi connectivity index (χ0n) is 54.2. The van der Waals surface area contributed by atoms with Gasteiger partial charge in [-0.15, -0.1) is 12.8 Å². The highest BCUT2D eigenvalue weighted by Crippen LogP contribution is 2.39. The number of nitrogens with zero attached hydrogens (tertiary/aromatic N) is 2. The molecule has 8 rings (SSSR count). The third kappa shape index (κ3) is 22.3. The standard InChI is InChI=1S/C17H20O.C16H19NO.C16H18O.C15H18O2.C14H17NO.CH4/c1-5-12-9-10-14-13(11-12)7-6-8-15(14)16(18)17(2,3)4;1-16(2,3)15(18)14-6-4-5-12-9-11(10-17)7-8-13(12)14;1-16(2,3)15(17)11-12-8-9-13-6-4-5-7-14(13)10-12;1-5-12-6-8-13(9-7-12)10-17-11-14(16)15(2,3)4;1-10(13(16)14(2,3)4)12-7-5-11(9-15)6-8-12;/h1,9-11,15H,6-8H2,2-4H3;7-9,14H,4-6H2,1-3H3;4-10H,11H2,1-3H3;1,6-9H,10-11H2,2-4H3;5-8,10H,1-4H3;1H4. The van der Waals surface area contributed by atoms with Gasteiger partial charge in [-0.3, -0.25) is 24.0 Å². The topological polar surface area (TPSA) is 142 Å². The van der Waals surface area contributed by atoms with E-state index in [2.05, 4.69) is 60.4 Å². The zero-order chi connectivity index (χ0) is 64.4. The van der Waals surface area contributed by atoms with Crippen molar-refractivity contribution in [2.75, 3.05) is 6.61 Å². The summed E-state index contributed by atoms with van der Waals surface area (Å²) < 4.78 is 5.38. The Kier molecular flexibility index (Phi) is 27.0. The van der Waals surface area contributed by atoms with E-state index in [1.165, 1.54) is 27.5 Å². The molecule has 3 unspecified atom stereocenters. The SMILES string of the molecule is C.C#Cc1ccc(COCC(=O)C(C)(C)C)cc1.C#Cc1ccc2c(c1)CCCC2C(=O)C(C)(C)C.CC(C(=O)C(C)(C)C)c1ccc(C#N)cc1.CC(C)(C)C(=O)C1CCCc2cc(C#N)ccc21.CC(C)(C)C(=O)Cc1ccc2ccccc2c1. The second-order valence-electron chi connectivity index (χ2n) is 27.8. The molecule has 0 aromatic heterocycles. The van der Waals surface area contributed by atoms with Gasteiger partial charge in [0.15, 0.2) is 5.78 Å². The Morgan fingerprint density at radius 3 is 1.39 bits per heavy atom. The predicted octanol–water partition coefficient (Wildman–Crippen LogP) is 18.0. The number of hydrogen-bond donors (Lipinski definition) is 0. The van der Waals surface area contributed by atoms with E-state index >= 15 is 0 Å². The van der Waals surface area contributed by atoms with Crippen molar-refractivity contribution in [2.45, 2.75) is 188 Å². The predicted molar refractivity (Wildman–Crippen MR) is 357 cm³/mol. The molecule has 3 atom stereocenters. The number of rotatable bonds is 10. The molecule has 0 bridgehead atoms.